The number of rotatable bonds is 2. The zero-order chi connectivity index (χ0) is 15.6. The lowest BCUT2D eigenvalue weighted by Gasteiger charge is -2.25. The second kappa shape index (κ2) is 6.22. The molecule has 1 aliphatic heterocycles. The van der Waals surface area contributed by atoms with Gasteiger partial charge in [0.25, 0.3) is 0 Å². The summed E-state index contributed by atoms with van der Waals surface area (Å²) < 4.78 is 4.78. The van der Waals surface area contributed by atoms with Crippen molar-refractivity contribution in [3.63, 3.8) is 0 Å². The summed E-state index contributed by atoms with van der Waals surface area (Å²) in [7, 11) is 3.06. The normalized spacial score (nSPS) is 15.9. The average Bonchev–Trinajstić information content (AvgIpc) is 2.59. The number of nitrogen functional groups attached to an aromatic ring is 1. The van der Waals surface area contributed by atoms with Crippen LogP contribution < -0.4 is 10.6 Å². The number of esters is 1. The predicted molar refractivity (Wildman–Crippen MR) is 81.7 cm³/mol. The lowest BCUT2D eigenvalue weighted by Crippen LogP contribution is -2.35. The largest absolute Gasteiger partial charge is 0.465 e. The Morgan fingerprint density at radius 1 is 1.38 bits per heavy atom. The van der Waals surface area contributed by atoms with Gasteiger partial charge in [-0.1, -0.05) is 11.6 Å². The molecule has 0 unspecified atom stereocenters. The summed E-state index contributed by atoms with van der Waals surface area (Å²) in [6.45, 7) is 1.48. The van der Waals surface area contributed by atoms with Crippen molar-refractivity contribution in [3.05, 3.63) is 22.7 Å². The van der Waals surface area contributed by atoms with Gasteiger partial charge in [-0.15, -0.1) is 0 Å². The fourth-order valence-electron chi connectivity index (χ4n) is 2.38. The molecule has 1 amide bonds. The van der Waals surface area contributed by atoms with Crippen molar-refractivity contribution in [2.45, 2.75) is 6.42 Å². The van der Waals surface area contributed by atoms with Crippen molar-refractivity contribution in [1.29, 1.82) is 0 Å². The molecule has 0 aliphatic carbocycles. The van der Waals surface area contributed by atoms with Gasteiger partial charge in [-0.05, 0) is 18.6 Å². The molecule has 2 rings (SSSR count). The van der Waals surface area contributed by atoms with Gasteiger partial charge < -0.3 is 20.3 Å². The number of nitrogens with two attached hydrogens (primary N) is 1. The molecular weight excluding hydrogens is 294 g/mol. The molecule has 1 saturated heterocycles. The fraction of sp³-hybridized carbons (Fsp3) is 0.429. The van der Waals surface area contributed by atoms with Crippen LogP contribution in [0.25, 0.3) is 0 Å². The first kappa shape index (κ1) is 15.4. The molecular formula is C14H18ClN3O3. The highest BCUT2D eigenvalue weighted by atomic mass is 35.5. The zero-order valence-corrected chi connectivity index (χ0v) is 12.8. The van der Waals surface area contributed by atoms with Crippen LogP contribution in [0.2, 0.25) is 5.02 Å². The summed E-state index contributed by atoms with van der Waals surface area (Å²) in [6.07, 6.45) is 0.795. The minimum absolute atomic E-state index is 0.0174. The summed E-state index contributed by atoms with van der Waals surface area (Å²) in [5.41, 5.74) is 6.90. The molecule has 0 bridgehead atoms. The number of nitrogens with zero attached hydrogens (tertiary/aromatic N) is 2. The van der Waals surface area contributed by atoms with Gasteiger partial charge in [0.2, 0.25) is 5.91 Å². The third kappa shape index (κ3) is 3.21. The van der Waals surface area contributed by atoms with Crippen LogP contribution in [0.15, 0.2) is 12.1 Å². The van der Waals surface area contributed by atoms with Crippen LogP contribution in [0.1, 0.15) is 16.8 Å². The molecule has 1 aromatic carbocycles. The number of ether oxygens (including phenoxy) is 1. The van der Waals surface area contributed by atoms with E-state index >= 15 is 0 Å². The zero-order valence-electron chi connectivity index (χ0n) is 12.1. The maximum absolute atomic E-state index is 12.0. The molecule has 6 nitrogen and oxygen atoms in total. The molecule has 0 atom stereocenters. The number of hydrogen-bond acceptors (Lipinski definition) is 5. The average molecular weight is 312 g/mol. The fourth-order valence-corrected chi connectivity index (χ4v) is 2.73. The molecule has 1 heterocycles. The van der Waals surface area contributed by atoms with Gasteiger partial charge in [0.05, 0.1) is 29.9 Å². The Morgan fingerprint density at radius 3 is 2.76 bits per heavy atom. The molecule has 0 radical (unpaired) electrons. The van der Waals surface area contributed by atoms with Crippen LogP contribution in [-0.4, -0.2) is 50.6 Å². The Morgan fingerprint density at radius 2 is 2.10 bits per heavy atom. The Balaban J connectivity index is 2.46. The highest BCUT2D eigenvalue weighted by molar-refractivity contribution is 6.34. The van der Waals surface area contributed by atoms with Crippen molar-refractivity contribution >= 4 is 34.9 Å². The van der Waals surface area contributed by atoms with Gasteiger partial charge in [-0.3, -0.25) is 4.79 Å². The monoisotopic (exact) mass is 311 g/mol. The van der Waals surface area contributed by atoms with Crippen molar-refractivity contribution in [2.75, 3.05) is 44.4 Å². The summed E-state index contributed by atoms with van der Waals surface area (Å²) in [5, 5.41) is 0.341. The third-order valence-electron chi connectivity index (χ3n) is 3.48. The van der Waals surface area contributed by atoms with Gasteiger partial charge in [-0.25, -0.2) is 4.79 Å². The minimum atomic E-state index is -0.524. The van der Waals surface area contributed by atoms with E-state index in [2.05, 4.69) is 0 Å². The van der Waals surface area contributed by atoms with Crippen LogP contribution >= 0.6 is 11.6 Å². The molecule has 21 heavy (non-hydrogen) atoms. The molecule has 0 aromatic heterocycles. The van der Waals surface area contributed by atoms with Crippen LogP contribution in [-0.2, 0) is 9.53 Å². The molecule has 114 valence electrons. The second-order valence-corrected chi connectivity index (χ2v) is 5.39. The van der Waals surface area contributed by atoms with Crippen LogP contribution in [0.3, 0.4) is 0 Å². The highest BCUT2D eigenvalue weighted by Gasteiger charge is 2.25. The molecule has 7 heteroatoms. The molecule has 1 aromatic rings. The van der Waals surface area contributed by atoms with Crippen molar-refractivity contribution in [1.82, 2.24) is 4.90 Å². The third-order valence-corrected chi connectivity index (χ3v) is 3.77. The van der Waals surface area contributed by atoms with E-state index in [0.717, 1.165) is 6.42 Å². The number of halogens is 1. The standard InChI is InChI=1S/C14H18ClN3O3/c1-17-4-3-5-18(8-12(17)19)13-10(14(20)21-2)6-9(16)7-11(13)15/h6-7H,3-5,8,16H2,1-2H3. The maximum Gasteiger partial charge on any atom is 0.340 e. The van der Waals surface area contributed by atoms with Gasteiger partial charge in [0.1, 0.15) is 0 Å². The van der Waals surface area contributed by atoms with Gasteiger partial charge >= 0.3 is 5.97 Å². The Bertz CT molecular complexity index is 577. The number of hydrogen-bond donors (Lipinski definition) is 1. The first-order valence-corrected chi connectivity index (χ1v) is 6.98. The van der Waals surface area contributed by atoms with Gasteiger partial charge in [0, 0.05) is 25.8 Å². The van der Waals surface area contributed by atoms with Crippen LogP contribution in [0.4, 0.5) is 11.4 Å². The SMILES string of the molecule is COC(=O)c1cc(N)cc(Cl)c1N1CCCN(C)C(=O)C1. The molecule has 1 aliphatic rings. The number of likely N-dealkylation sites (N-methyl/N-ethyl adjacent to an activating group) is 1. The van der Waals surface area contributed by atoms with E-state index in [1.807, 2.05) is 0 Å². The van der Waals surface area contributed by atoms with E-state index < -0.39 is 5.97 Å². The predicted octanol–water partition coefficient (Wildman–Crippen LogP) is 1.38. The van der Waals surface area contributed by atoms with Crippen molar-refractivity contribution in [3.8, 4) is 0 Å². The van der Waals surface area contributed by atoms with Gasteiger partial charge in [0.15, 0.2) is 0 Å². The summed E-state index contributed by atoms with van der Waals surface area (Å²) in [6, 6.07) is 3.09. The van der Waals surface area contributed by atoms with E-state index in [4.69, 9.17) is 22.1 Å². The van der Waals surface area contributed by atoms with E-state index in [0.29, 0.717) is 29.5 Å². The van der Waals surface area contributed by atoms with Crippen molar-refractivity contribution in [2.24, 2.45) is 0 Å². The second-order valence-electron chi connectivity index (χ2n) is 4.98. The highest BCUT2D eigenvalue weighted by Crippen LogP contribution is 2.33. The Kier molecular flexibility index (Phi) is 4.57. The number of carbonyl (C=O) groups excluding carboxylic acids is 2. The lowest BCUT2D eigenvalue weighted by molar-refractivity contribution is -0.127. The van der Waals surface area contributed by atoms with E-state index in [1.54, 1.807) is 22.9 Å². The minimum Gasteiger partial charge on any atom is -0.465 e. The molecule has 0 saturated carbocycles. The van der Waals surface area contributed by atoms with E-state index in [9.17, 15) is 9.59 Å². The number of amides is 1. The summed E-state index contributed by atoms with van der Waals surface area (Å²) in [5.74, 6) is -0.541. The molecule has 2 N–H and O–H groups in total. The van der Waals surface area contributed by atoms with Crippen LogP contribution in [0, 0.1) is 0 Å². The van der Waals surface area contributed by atoms with Gasteiger partial charge in [-0.2, -0.15) is 0 Å². The summed E-state index contributed by atoms with van der Waals surface area (Å²) >= 11 is 6.25. The van der Waals surface area contributed by atoms with E-state index in [1.165, 1.54) is 13.2 Å². The topological polar surface area (TPSA) is 75.9 Å². The summed E-state index contributed by atoms with van der Waals surface area (Å²) in [4.78, 5) is 27.5. The van der Waals surface area contributed by atoms with Crippen molar-refractivity contribution < 1.29 is 14.3 Å². The van der Waals surface area contributed by atoms with E-state index in [-0.39, 0.29) is 18.0 Å². The number of methoxy groups -OCH3 is 1. The lowest BCUT2D eigenvalue weighted by atomic mass is 10.1. The smallest absolute Gasteiger partial charge is 0.340 e. The first-order chi connectivity index (χ1) is 9.93. The number of anilines is 2. The molecule has 1 fully saturated rings. The Labute approximate surface area is 128 Å². The quantitative estimate of drug-likeness (QED) is 0.659. The van der Waals surface area contributed by atoms with Crippen LogP contribution in [0.5, 0.6) is 0 Å². The number of carbonyl (C=O) groups is 2. The Hall–Kier alpha value is -1.95. The molecule has 0 spiro atoms. The number of benzene rings is 1. The first-order valence-electron chi connectivity index (χ1n) is 6.60. The maximum atomic E-state index is 12.0.